The number of para-hydroxylation sites is 1. The van der Waals surface area contributed by atoms with E-state index in [1.54, 1.807) is 0 Å². The molecule has 0 atom stereocenters. The number of hydrogen-bond donors (Lipinski definition) is 0. The molecule has 22 heavy (non-hydrogen) atoms. The summed E-state index contributed by atoms with van der Waals surface area (Å²) < 4.78 is 1.92. The van der Waals surface area contributed by atoms with E-state index in [0.717, 1.165) is 41.1 Å². The molecule has 3 heteroatoms. The summed E-state index contributed by atoms with van der Waals surface area (Å²) in [5.41, 5.74) is 5.02. The Kier molecular flexibility index (Phi) is 5.48. The van der Waals surface area contributed by atoms with E-state index in [-0.39, 0.29) is 0 Å². The number of unbranched alkanes of at least 4 members (excludes halogenated alkanes) is 1. The molecule has 0 saturated heterocycles. The van der Waals surface area contributed by atoms with Gasteiger partial charge in [-0.15, -0.1) is 0 Å². The van der Waals surface area contributed by atoms with Crippen LogP contribution in [0.2, 0.25) is 0 Å². The molecule has 0 bridgehead atoms. The smallest absolute Gasteiger partial charge is 0.0968 e. The van der Waals surface area contributed by atoms with Gasteiger partial charge < -0.3 is 0 Å². The van der Waals surface area contributed by atoms with Gasteiger partial charge >= 0.3 is 0 Å². The fourth-order valence-corrected chi connectivity index (χ4v) is 2.15. The number of allylic oxidation sites excluding steroid dienone is 3. The molecule has 3 nitrogen and oxygen atoms in total. The molecule has 0 saturated carbocycles. The average molecular weight is 293 g/mol. The summed E-state index contributed by atoms with van der Waals surface area (Å²) in [6.07, 6.45) is 8.22. The topological polar surface area (TPSA) is 30.2 Å². The summed E-state index contributed by atoms with van der Waals surface area (Å²) in [5.74, 6) is 0. The van der Waals surface area contributed by atoms with Crippen molar-refractivity contribution in [2.45, 2.75) is 33.6 Å². The molecule has 2 rings (SSSR count). The molecule has 0 amide bonds. The second-order valence-corrected chi connectivity index (χ2v) is 5.38. The number of benzene rings is 1. The Bertz CT molecular complexity index is 691. The van der Waals surface area contributed by atoms with Crippen LogP contribution in [0.25, 0.3) is 11.3 Å². The van der Waals surface area contributed by atoms with Crippen LogP contribution in [0.5, 0.6) is 0 Å². The third-order valence-electron chi connectivity index (χ3n) is 3.27. The van der Waals surface area contributed by atoms with Gasteiger partial charge in [-0.05, 0) is 38.0 Å². The van der Waals surface area contributed by atoms with Crippen molar-refractivity contribution in [3.05, 3.63) is 66.1 Å². The molecule has 0 N–H and O–H groups in total. The molecule has 0 spiro atoms. The minimum absolute atomic E-state index is 0.794. The summed E-state index contributed by atoms with van der Waals surface area (Å²) >= 11 is 0. The number of rotatable bonds is 6. The van der Waals surface area contributed by atoms with Gasteiger partial charge in [0.1, 0.15) is 0 Å². The lowest BCUT2D eigenvalue weighted by molar-refractivity contribution is 0.873. The summed E-state index contributed by atoms with van der Waals surface area (Å²) in [7, 11) is 0. The van der Waals surface area contributed by atoms with Crippen molar-refractivity contribution in [1.82, 2.24) is 9.78 Å². The van der Waals surface area contributed by atoms with Crippen molar-refractivity contribution >= 4 is 11.8 Å². The SMILES string of the molecule is C=C(C)N=C/C(=C\CCC)c1nn(-c2ccccc2)cc1C. The van der Waals surface area contributed by atoms with Crippen molar-refractivity contribution in [2.24, 2.45) is 4.99 Å². The molecule has 1 heterocycles. The van der Waals surface area contributed by atoms with Crippen molar-refractivity contribution in [3.63, 3.8) is 0 Å². The lowest BCUT2D eigenvalue weighted by Gasteiger charge is -2.01. The highest BCUT2D eigenvalue weighted by molar-refractivity contribution is 6.09. The number of hydrogen-bond acceptors (Lipinski definition) is 2. The standard InChI is InChI=1S/C19H23N3/c1-5-6-10-17(13-20-15(2)3)19-16(4)14-22(21-19)18-11-8-7-9-12-18/h7-14H,2,5-6H2,1,3-4H3/b17-10+,20-13?. The van der Waals surface area contributed by atoms with Crippen molar-refractivity contribution in [1.29, 1.82) is 0 Å². The van der Waals surface area contributed by atoms with Gasteiger partial charge in [0.05, 0.1) is 11.4 Å². The largest absolute Gasteiger partial charge is 0.262 e. The molecule has 0 radical (unpaired) electrons. The van der Waals surface area contributed by atoms with Crippen molar-refractivity contribution < 1.29 is 0 Å². The first-order valence-corrected chi connectivity index (χ1v) is 7.63. The van der Waals surface area contributed by atoms with E-state index in [4.69, 9.17) is 5.10 Å². The Morgan fingerprint density at radius 3 is 2.68 bits per heavy atom. The average Bonchev–Trinajstić information content (AvgIpc) is 2.90. The zero-order chi connectivity index (χ0) is 15.9. The summed E-state index contributed by atoms with van der Waals surface area (Å²) in [4.78, 5) is 4.34. The molecular formula is C19H23N3. The Morgan fingerprint density at radius 2 is 2.05 bits per heavy atom. The third-order valence-corrected chi connectivity index (χ3v) is 3.27. The molecule has 114 valence electrons. The van der Waals surface area contributed by atoms with E-state index in [1.807, 2.05) is 48.2 Å². The van der Waals surface area contributed by atoms with Gasteiger partial charge in [-0.25, -0.2) is 4.68 Å². The van der Waals surface area contributed by atoms with Gasteiger partial charge in [-0.2, -0.15) is 5.10 Å². The van der Waals surface area contributed by atoms with Crippen LogP contribution in [0.4, 0.5) is 0 Å². The van der Waals surface area contributed by atoms with Crippen LogP contribution in [0.15, 0.2) is 59.9 Å². The maximum absolute atomic E-state index is 4.74. The Hall–Kier alpha value is -2.42. The van der Waals surface area contributed by atoms with Gasteiger partial charge in [-0.1, -0.05) is 44.2 Å². The molecule has 2 aromatic rings. The lowest BCUT2D eigenvalue weighted by Crippen LogP contribution is -1.96. The third kappa shape index (κ3) is 4.04. The van der Waals surface area contributed by atoms with Crippen LogP contribution in [-0.4, -0.2) is 16.0 Å². The van der Waals surface area contributed by atoms with Gasteiger partial charge in [0, 0.05) is 23.7 Å². The number of aliphatic imine (C=N–C) groups is 1. The first kappa shape index (κ1) is 16.0. The summed E-state index contributed by atoms with van der Waals surface area (Å²) in [5, 5.41) is 4.74. The fourth-order valence-electron chi connectivity index (χ4n) is 2.15. The maximum Gasteiger partial charge on any atom is 0.0968 e. The van der Waals surface area contributed by atoms with Gasteiger partial charge in [0.2, 0.25) is 0 Å². The van der Waals surface area contributed by atoms with Crippen LogP contribution in [0.3, 0.4) is 0 Å². The first-order chi connectivity index (χ1) is 10.6. The Morgan fingerprint density at radius 1 is 1.32 bits per heavy atom. The number of aryl methyl sites for hydroxylation is 1. The van der Waals surface area contributed by atoms with Gasteiger partial charge in [-0.3, -0.25) is 4.99 Å². The highest BCUT2D eigenvalue weighted by Gasteiger charge is 2.10. The second kappa shape index (κ2) is 7.55. The van der Waals surface area contributed by atoms with Crippen LogP contribution < -0.4 is 0 Å². The van der Waals surface area contributed by atoms with Crippen LogP contribution in [0, 0.1) is 6.92 Å². The van der Waals surface area contributed by atoms with E-state index in [0.29, 0.717) is 0 Å². The zero-order valence-corrected chi connectivity index (χ0v) is 13.6. The van der Waals surface area contributed by atoms with Crippen LogP contribution in [-0.2, 0) is 0 Å². The van der Waals surface area contributed by atoms with E-state index < -0.39 is 0 Å². The quantitative estimate of drug-likeness (QED) is 0.692. The van der Waals surface area contributed by atoms with E-state index in [9.17, 15) is 0 Å². The molecule has 0 aliphatic heterocycles. The summed E-state index contributed by atoms with van der Waals surface area (Å²) in [6, 6.07) is 10.1. The van der Waals surface area contributed by atoms with Crippen LogP contribution in [0.1, 0.15) is 37.9 Å². The monoisotopic (exact) mass is 293 g/mol. The van der Waals surface area contributed by atoms with Crippen molar-refractivity contribution in [3.8, 4) is 5.69 Å². The molecule has 0 fully saturated rings. The lowest BCUT2D eigenvalue weighted by atomic mass is 10.1. The number of nitrogens with zero attached hydrogens (tertiary/aromatic N) is 3. The minimum atomic E-state index is 0.794. The Balaban J connectivity index is 2.40. The highest BCUT2D eigenvalue weighted by Crippen LogP contribution is 2.19. The minimum Gasteiger partial charge on any atom is -0.262 e. The van der Waals surface area contributed by atoms with Gasteiger partial charge in [0.15, 0.2) is 0 Å². The highest BCUT2D eigenvalue weighted by atomic mass is 15.3. The van der Waals surface area contributed by atoms with E-state index >= 15 is 0 Å². The second-order valence-electron chi connectivity index (χ2n) is 5.38. The predicted molar refractivity (Wildman–Crippen MR) is 94.5 cm³/mol. The van der Waals surface area contributed by atoms with Crippen molar-refractivity contribution in [2.75, 3.05) is 0 Å². The molecular weight excluding hydrogens is 270 g/mol. The molecule has 0 aliphatic rings. The fraction of sp³-hybridized carbons (Fsp3) is 0.263. The number of aromatic nitrogens is 2. The Labute approximate surface area is 132 Å². The predicted octanol–water partition coefficient (Wildman–Crippen LogP) is 4.97. The first-order valence-electron chi connectivity index (χ1n) is 7.63. The summed E-state index contributed by atoms with van der Waals surface area (Å²) in [6.45, 7) is 9.96. The van der Waals surface area contributed by atoms with Crippen LogP contribution >= 0.6 is 0 Å². The molecule has 1 aromatic carbocycles. The molecule has 1 aromatic heterocycles. The van der Waals surface area contributed by atoms with E-state index in [2.05, 4.69) is 37.7 Å². The van der Waals surface area contributed by atoms with E-state index in [1.165, 1.54) is 0 Å². The maximum atomic E-state index is 4.74. The molecule has 0 aliphatic carbocycles. The van der Waals surface area contributed by atoms with Gasteiger partial charge in [0.25, 0.3) is 0 Å². The zero-order valence-electron chi connectivity index (χ0n) is 13.6. The normalized spacial score (nSPS) is 12.0. The molecule has 0 unspecified atom stereocenters.